The van der Waals surface area contributed by atoms with Gasteiger partial charge in [-0.05, 0) is 24.9 Å². The minimum Gasteiger partial charge on any atom is -0.314 e. The molecule has 1 unspecified atom stereocenters. The lowest BCUT2D eigenvalue weighted by Crippen LogP contribution is -2.05. The van der Waals surface area contributed by atoms with Crippen LogP contribution in [0.4, 0.5) is 5.82 Å². The topological polar surface area (TPSA) is 75.1 Å². The second-order valence-electron chi connectivity index (χ2n) is 6.20. The fourth-order valence-electron chi connectivity index (χ4n) is 2.31. The Morgan fingerprint density at radius 1 is 1.28 bits per heavy atom. The Balaban J connectivity index is 1.77. The second-order valence-corrected chi connectivity index (χ2v) is 8.15. The zero-order valence-electron chi connectivity index (χ0n) is 14.8. The van der Waals surface area contributed by atoms with Gasteiger partial charge in [0, 0.05) is 16.8 Å². The number of hydrogen-bond donors (Lipinski definition) is 2. The molecule has 3 aromatic heterocycles. The van der Waals surface area contributed by atoms with Crippen LogP contribution in [0.25, 0.3) is 10.2 Å². The van der Waals surface area contributed by atoms with E-state index in [1.807, 2.05) is 12.4 Å². The van der Waals surface area contributed by atoms with Gasteiger partial charge in [0.1, 0.15) is 16.2 Å². The molecule has 0 fully saturated rings. The van der Waals surface area contributed by atoms with Crippen LogP contribution in [0.15, 0.2) is 22.9 Å². The van der Waals surface area contributed by atoms with Gasteiger partial charge in [-0.3, -0.25) is 5.43 Å². The van der Waals surface area contributed by atoms with Gasteiger partial charge in [-0.25, -0.2) is 15.0 Å². The van der Waals surface area contributed by atoms with E-state index >= 15 is 0 Å². The van der Waals surface area contributed by atoms with Crippen LogP contribution >= 0.6 is 22.7 Å². The van der Waals surface area contributed by atoms with Crippen molar-refractivity contribution in [3.63, 3.8) is 0 Å². The van der Waals surface area contributed by atoms with Crippen molar-refractivity contribution in [3.05, 3.63) is 33.4 Å². The third-order valence-corrected chi connectivity index (χ3v) is 6.14. The Bertz CT molecular complexity index is 867. The average Bonchev–Trinajstić information content (AvgIpc) is 3.21. The van der Waals surface area contributed by atoms with Gasteiger partial charge in [0.25, 0.3) is 0 Å². The molecule has 0 aromatic carbocycles. The minimum absolute atomic E-state index is 0.497. The summed E-state index contributed by atoms with van der Waals surface area (Å²) in [5.41, 5.74) is 4.05. The van der Waals surface area contributed by atoms with Crippen molar-refractivity contribution >= 4 is 44.9 Å². The first kappa shape index (κ1) is 17.9. The van der Waals surface area contributed by atoms with Crippen molar-refractivity contribution in [3.8, 4) is 0 Å². The maximum absolute atomic E-state index is 4.48. The van der Waals surface area contributed by atoms with Gasteiger partial charge in [-0.15, -0.1) is 22.7 Å². The number of hydrogen-bond acceptors (Lipinski definition) is 8. The normalized spacial score (nSPS) is 13.2. The van der Waals surface area contributed by atoms with Crippen molar-refractivity contribution in [2.45, 2.75) is 33.2 Å². The Hall–Kier alpha value is -1.90. The summed E-state index contributed by atoms with van der Waals surface area (Å²) in [6.07, 6.45) is 3.30. The zero-order valence-corrected chi connectivity index (χ0v) is 16.4. The molecule has 25 heavy (non-hydrogen) atoms. The molecule has 0 spiro atoms. The maximum Gasteiger partial charge on any atom is 0.158 e. The first-order valence-electron chi connectivity index (χ1n) is 8.21. The van der Waals surface area contributed by atoms with Crippen LogP contribution in [0.1, 0.15) is 42.3 Å². The largest absolute Gasteiger partial charge is 0.314 e. The SMILES string of the molecule is CNCc1csc(/C=N/Nc2ncnc3sc(C(C)C(C)C)cc23)n1. The van der Waals surface area contributed by atoms with Gasteiger partial charge in [-0.2, -0.15) is 5.10 Å². The molecule has 0 aliphatic rings. The fraction of sp³-hybridized carbons (Fsp3) is 0.412. The lowest BCUT2D eigenvalue weighted by molar-refractivity contribution is 0.542. The monoisotopic (exact) mass is 374 g/mol. The summed E-state index contributed by atoms with van der Waals surface area (Å²) in [6.45, 7) is 7.48. The number of fused-ring (bicyclic) bond motifs is 1. The molecule has 8 heteroatoms. The highest BCUT2D eigenvalue weighted by atomic mass is 32.1. The number of nitrogens with zero attached hydrogens (tertiary/aromatic N) is 4. The van der Waals surface area contributed by atoms with Crippen LogP contribution in [0.2, 0.25) is 0 Å². The van der Waals surface area contributed by atoms with Crippen molar-refractivity contribution < 1.29 is 0 Å². The van der Waals surface area contributed by atoms with E-state index in [-0.39, 0.29) is 0 Å². The molecule has 0 radical (unpaired) electrons. The Morgan fingerprint density at radius 2 is 2.12 bits per heavy atom. The molecule has 3 heterocycles. The zero-order chi connectivity index (χ0) is 17.8. The number of rotatable bonds is 7. The van der Waals surface area contributed by atoms with Crippen LogP contribution in [-0.4, -0.2) is 28.2 Å². The molecule has 1 atom stereocenters. The number of aromatic nitrogens is 3. The fourth-order valence-corrected chi connectivity index (χ4v) is 4.21. The van der Waals surface area contributed by atoms with Crippen molar-refractivity contribution in [1.82, 2.24) is 20.3 Å². The van der Waals surface area contributed by atoms with Gasteiger partial charge in [0.15, 0.2) is 5.82 Å². The molecular weight excluding hydrogens is 352 g/mol. The number of anilines is 1. The Kier molecular flexibility index (Phi) is 5.72. The molecule has 0 bridgehead atoms. The summed E-state index contributed by atoms with van der Waals surface area (Å²) in [6, 6.07) is 2.18. The summed E-state index contributed by atoms with van der Waals surface area (Å²) in [5.74, 6) is 1.82. The number of thiazole rings is 1. The van der Waals surface area contributed by atoms with E-state index in [9.17, 15) is 0 Å². The Labute approximate surface area is 155 Å². The summed E-state index contributed by atoms with van der Waals surface area (Å²) >= 11 is 3.29. The first-order valence-corrected chi connectivity index (χ1v) is 9.90. The molecule has 132 valence electrons. The molecule has 2 N–H and O–H groups in total. The Morgan fingerprint density at radius 3 is 2.88 bits per heavy atom. The van der Waals surface area contributed by atoms with Crippen LogP contribution in [0, 0.1) is 5.92 Å². The van der Waals surface area contributed by atoms with E-state index in [1.54, 1.807) is 35.2 Å². The van der Waals surface area contributed by atoms with Gasteiger partial charge in [0.2, 0.25) is 0 Å². The third-order valence-electron chi connectivity index (χ3n) is 4.07. The second kappa shape index (κ2) is 7.99. The summed E-state index contributed by atoms with van der Waals surface area (Å²) in [7, 11) is 1.91. The van der Waals surface area contributed by atoms with E-state index in [0.29, 0.717) is 11.8 Å². The molecule has 0 aliphatic heterocycles. The predicted octanol–water partition coefficient (Wildman–Crippen LogP) is 4.07. The highest BCUT2D eigenvalue weighted by Gasteiger charge is 2.15. The molecule has 3 rings (SSSR count). The molecule has 0 amide bonds. The highest BCUT2D eigenvalue weighted by molar-refractivity contribution is 7.18. The van der Waals surface area contributed by atoms with Crippen molar-refractivity contribution in [1.29, 1.82) is 0 Å². The standard InChI is InChI=1S/C17H22N6S2/c1-10(2)11(3)14-5-13-16(19-9-20-17(13)25-14)23-21-7-15-22-12(6-18-4)8-24-15/h5,7-11,18H,6H2,1-4H3,(H,19,20,23)/b21-7+. The average molecular weight is 375 g/mol. The molecular formula is C17H22N6S2. The van der Waals surface area contributed by atoms with Crippen LogP contribution in [0.5, 0.6) is 0 Å². The summed E-state index contributed by atoms with van der Waals surface area (Å²) < 4.78 is 0. The van der Waals surface area contributed by atoms with Gasteiger partial charge in [-0.1, -0.05) is 20.8 Å². The maximum atomic E-state index is 4.48. The van der Waals surface area contributed by atoms with Gasteiger partial charge >= 0.3 is 0 Å². The van der Waals surface area contributed by atoms with Crippen LogP contribution in [-0.2, 0) is 6.54 Å². The first-order chi connectivity index (χ1) is 12.1. The highest BCUT2D eigenvalue weighted by Crippen LogP contribution is 2.35. The van der Waals surface area contributed by atoms with Gasteiger partial charge in [0.05, 0.1) is 17.3 Å². The van der Waals surface area contributed by atoms with E-state index in [4.69, 9.17) is 0 Å². The number of nitrogens with one attached hydrogen (secondary N) is 2. The minimum atomic E-state index is 0.497. The van der Waals surface area contributed by atoms with Gasteiger partial charge < -0.3 is 5.32 Å². The van der Waals surface area contributed by atoms with Crippen molar-refractivity contribution in [2.75, 3.05) is 12.5 Å². The lowest BCUT2D eigenvalue weighted by Gasteiger charge is -2.12. The molecule has 3 aromatic rings. The van der Waals surface area contributed by atoms with E-state index < -0.39 is 0 Å². The quantitative estimate of drug-likeness (QED) is 0.481. The number of hydrazone groups is 1. The predicted molar refractivity (Wildman–Crippen MR) is 107 cm³/mol. The smallest absolute Gasteiger partial charge is 0.158 e. The van der Waals surface area contributed by atoms with Crippen molar-refractivity contribution in [2.24, 2.45) is 11.0 Å². The van der Waals surface area contributed by atoms with E-state index in [2.05, 4.69) is 57.6 Å². The lowest BCUT2D eigenvalue weighted by atomic mass is 9.96. The van der Waals surface area contributed by atoms with E-state index in [0.717, 1.165) is 33.3 Å². The van der Waals surface area contributed by atoms with Crippen LogP contribution in [0.3, 0.4) is 0 Å². The molecule has 0 saturated heterocycles. The molecule has 0 saturated carbocycles. The third kappa shape index (κ3) is 4.20. The van der Waals surface area contributed by atoms with E-state index in [1.165, 1.54) is 4.88 Å². The molecule has 6 nitrogen and oxygen atoms in total. The summed E-state index contributed by atoms with van der Waals surface area (Å²) in [5, 5.41) is 11.3. The molecule has 0 aliphatic carbocycles. The van der Waals surface area contributed by atoms with Crippen LogP contribution < -0.4 is 10.7 Å². The number of thiophene rings is 1. The summed E-state index contributed by atoms with van der Waals surface area (Å²) in [4.78, 5) is 15.5.